The van der Waals surface area contributed by atoms with Crippen LogP contribution >= 0.6 is 11.3 Å². The fraction of sp³-hybridized carbons (Fsp3) is 0.143. The van der Waals surface area contributed by atoms with Gasteiger partial charge in [-0.05, 0) is 23.8 Å². The molecular weight excluding hydrogens is 362 g/mol. The summed E-state index contributed by atoms with van der Waals surface area (Å²) in [5, 5.41) is 2.81. The monoisotopic (exact) mass is 379 g/mol. The number of benzene rings is 2. The molecule has 2 aromatic carbocycles. The molecule has 0 N–H and O–H groups in total. The summed E-state index contributed by atoms with van der Waals surface area (Å²) in [4.78, 5) is 16.5. The molecule has 0 bridgehead atoms. The van der Waals surface area contributed by atoms with Gasteiger partial charge >= 0.3 is 5.97 Å². The molecule has 0 unspecified atom stereocenters. The van der Waals surface area contributed by atoms with Crippen molar-refractivity contribution in [1.82, 2.24) is 4.98 Å². The van der Waals surface area contributed by atoms with Gasteiger partial charge < -0.3 is 14.2 Å². The van der Waals surface area contributed by atoms with E-state index in [9.17, 15) is 4.79 Å². The molecule has 5 nitrogen and oxygen atoms in total. The second-order valence-electron chi connectivity index (χ2n) is 5.85. The van der Waals surface area contributed by atoms with Crippen molar-refractivity contribution in [2.75, 3.05) is 13.2 Å². The minimum Gasteiger partial charge on any atom is -0.486 e. The number of hydrogen-bond acceptors (Lipinski definition) is 6. The highest BCUT2D eigenvalue weighted by Crippen LogP contribution is 2.31. The van der Waals surface area contributed by atoms with Gasteiger partial charge in [0.2, 0.25) is 0 Å². The predicted octanol–water partition coefficient (Wildman–Crippen LogP) is 4.34. The van der Waals surface area contributed by atoms with Crippen LogP contribution in [0.3, 0.4) is 0 Å². The number of fused-ring (bicyclic) bond motifs is 1. The molecule has 0 saturated carbocycles. The first-order valence-corrected chi connectivity index (χ1v) is 9.40. The van der Waals surface area contributed by atoms with Crippen molar-refractivity contribution in [1.29, 1.82) is 0 Å². The maximum absolute atomic E-state index is 12.0. The van der Waals surface area contributed by atoms with Crippen LogP contribution < -0.4 is 9.47 Å². The summed E-state index contributed by atoms with van der Waals surface area (Å²) in [6.07, 6.45) is 3.09. The van der Waals surface area contributed by atoms with E-state index in [1.807, 2.05) is 53.9 Å². The highest BCUT2D eigenvalue weighted by molar-refractivity contribution is 7.13. The summed E-state index contributed by atoms with van der Waals surface area (Å²) in [7, 11) is 0. The first-order valence-electron chi connectivity index (χ1n) is 8.52. The molecule has 136 valence electrons. The van der Waals surface area contributed by atoms with Crippen molar-refractivity contribution < 1.29 is 19.0 Å². The van der Waals surface area contributed by atoms with E-state index in [2.05, 4.69) is 4.98 Å². The fourth-order valence-corrected chi connectivity index (χ4v) is 3.42. The summed E-state index contributed by atoms with van der Waals surface area (Å²) < 4.78 is 16.3. The maximum Gasteiger partial charge on any atom is 0.331 e. The summed E-state index contributed by atoms with van der Waals surface area (Å²) in [6, 6.07) is 15.5. The van der Waals surface area contributed by atoms with Gasteiger partial charge in [0.1, 0.15) is 24.8 Å². The van der Waals surface area contributed by atoms with E-state index in [1.54, 1.807) is 6.08 Å². The quantitative estimate of drug-likeness (QED) is 0.488. The number of rotatable bonds is 5. The fourth-order valence-electron chi connectivity index (χ4n) is 2.61. The smallest absolute Gasteiger partial charge is 0.331 e. The average molecular weight is 379 g/mol. The van der Waals surface area contributed by atoms with Gasteiger partial charge in [0.15, 0.2) is 11.5 Å². The highest BCUT2D eigenvalue weighted by atomic mass is 32.1. The van der Waals surface area contributed by atoms with Gasteiger partial charge in [-0.15, -0.1) is 11.3 Å². The second kappa shape index (κ2) is 8.05. The first-order chi connectivity index (χ1) is 13.3. The van der Waals surface area contributed by atoms with Crippen LogP contribution in [0.2, 0.25) is 0 Å². The average Bonchev–Trinajstić information content (AvgIpc) is 3.20. The molecule has 0 aliphatic carbocycles. The molecule has 6 heteroatoms. The number of hydrogen-bond donors (Lipinski definition) is 0. The summed E-state index contributed by atoms with van der Waals surface area (Å²) >= 11 is 1.53. The van der Waals surface area contributed by atoms with Crippen molar-refractivity contribution in [3.63, 3.8) is 0 Å². The molecule has 1 aliphatic rings. The topological polar surface area (TPSA) is 57.7 Å². The molecule has 0 fully saturated rings. The molecule has 4 rings (SSSR count). The van der Waals surface area contributed by atoms with E-state index in [0.717, 1.165) is 27.6 Å². The summed E-state index contributed by atoms with van der Waals surface area (Å²) in [6.45, 7) is 1.23. The van der Waals surface area contributed by atoms with Crippen LogP contribution in [-0.4, -0.2) is 24.2 Å². The van der Waals surface area contributed by atoms with Gasteiger partial charge in [-0.1, -0.05) is 36.4 Å². The van der Waals surface area contributed by atoms with Crippen molar-refractivity contribution in [3.8, 4) is 22.1 Å². The molecule has 0 atom stereocenters. The van der Waals surface area contributed by atoms with Crippen LogP contribution in [0.1, 0.15) is 11.3 Å². The Kier molecular flexibility index (Phi) is 5.16. The maximum atomic E-state index is 12.0. The van der Waals surface area contributed by atoms with Crippen LogP contribution in [0.15, 0.2) is 60.0 Å². The van der Waals surface area contributed by atoms with Crippen molar-refractivity contribution in [3.05, 3.63) is 71.2 Å². The number of thiazole rings is 1. The normalized spacial score (nSPS) is 12.9. The Morgan fingerprint density at radius 3 is 2.78 bits per heavy atom. The van der Waals surface area contributed by atoms with Crippen molar-refractivity contribution >= 4 is 23.4 Å². The molecule has 0 saturated heterocycles. The van der Waals surface area contributed by atoms with E-state index >= 15 is 0 Å². The zero-order valence-electron chi connectivity index (χ0n) is 14.5. The van der Waals surface area contributed by atoms with Crippen LogP contribution in [0.25, 0.3) is 16.6 Å². The van der Waals surface area contributed by atoms with E-state index < -0.39 is 5.97 Å². The van der Waals surface area contributed by atoms with Gasteiger partial charge in [0.25, 0.3) is 0 Å². The molecule has 0 radical (unpaired) electrons. The van der Waals surface area contributed by atoms with Crippen LogP contribution in [-0.2, 0) is 16.1 Å². The zero-order valence-corrected chi connectivity index (χ0v) is 15.3. The van der Waals surface area contributed by atoms with Crippen molar-refractivity contribution in [2.45, 2.75) is 6.61 Å². The van der Waals surface area contributed by atoms with Crippen LogP contribution in [0.5, 0.6) is 11.5 Å². The third-order valence-corrected chi connectivity index (χ3v) is 4.85. The zero-order chi connectivity index (χ0) is 18.5. The summed E-state index contributed by atoms with van der Waals surface area (Å²) in [5.41, 5.74) is 2.63. The lowest BCUT2D eigenvalue weighted by atomic mass is 10.2. The standard InChI is InChI=1S/C21H17NO4S/c23-20(9-7-15-6-8-18-19(12-15)25-11-10-24-18)26-13-17-14-27-21(22-17)16-4-2-1-3-5-16/h1-9,12,14H,10-11,13H2/b9-7-. The SMILES string of the molecule is O=C(/C=C\c1ccc2c(c1)OCCO2)OCc1csc(-c2ccccc2)n1. The molecule has 2 heterocycles. The largest absolute Gasteiger partial charge is 0.486 e. The van der Waals surface area contributed by atoms with Crippen LogP contribution in [0.4, 0.5) is 0 Å². The lowest BCUT2D eigenvalue weighted by Gasteiger charge is -2.18. The van der Waals surface area contributed by atoms with E-state index in [4.69, 9.17) is 14.2 Å². The van der Waals surface area contributed by atoms with Gasteiger partial charge in [-0.2, -0.15) is 0 Å². The highest BCUT2D eigenvalue weighted by Gasteiger charge is 2.11. The molecule has 0 amide bonds. The molecule has 0 spiro atoms. The number of esters is 1. The van der Waals surface area contributed by atoms with Gasteiger partial charge in [-0.3, -0.25) is 0 Å². The molecule has 3 aromatic rings. The van der Waals surface area contributed by atoms with E-state index in [-0.39, 0.29) is 6.61 Å². The van der Waals surface area contributed by atoms with E-state index in [1.165, 1.54) is 17.4 Å². The molecule has 1 aromatic heterocycles. The lowest BCUT2D eigenvalue weighted by molar-refractivity contribution is -0.139. The number of carbonyl (C=O) groups excluding carboxylic acids is 1. The van der Waals surface area contributed by atoms with Crippen LogP contribution in [0, 0.1) is 0 Å². The Bertz CT molecular complexity index is 965. The lowest BCUT2D eigenvalue weighted by Crippen LogP contribution is -2.15. The number of nitrogens with zero attached hydrogens (tertiary/aromatic N) is 1. The minimum atomic E-state index is -0.417. The van der Waals surface area contributed by atoms with Gasteiger partial charge in [-0.25, -0.2) is 9.78 Å². The predicted molar refractivity (Wildman–Crippen MR) is 104 cm³/mol. The minimum absolute atomic E-state index is 0.146. The van der Waals surface area contributed by atoms with E-state index in [0.29, 0.717) is 19.0 Å². The third-order valence-electron chi connectivity index (χ3n) is 3.91. The van der Waals surface area contributed by atoms with Crippen molar-refractivity contribution in [2.24, 2.45) is 0 Å². The molecule has 27 heavy (non-hydrogen) atoms. The summed E-state index contributed by atoms with van der Waals surface area (Å²) in [5.74, 6) is 0.991. The third kappa shape index (κ3) is 4.35. The molecular formula is C21H17NO4S. The van der Waals surface area contributed by atoms with Gasteiger partial charge in [0.05, 0.1) is 5.69 Å². The Morgan fingerprint density at radius 1 is 1.11 bits per heavy atom. The Morgan fingerprint density at radius 2 is 1.93 bits per heavy atom. The number of carbonyl (C=O) groups is 1. The Labute approximate surface area is 160 Å². The molecule has 1 aliphatic heterocycles. The van der Waals surface area contributed by atoms with Gasteiger partial charge in [0, 0.05) is 17.0 Å². The second-order valence-corrected chi connectivity index (χ2v) is 6.71. The number of aromatic nitrogens is 1. The number of ether oxygens (including phenoxy) is 3. The Hall–Kier alpha value is -3.12. The Balaban J connectivity index is 1.33. The first kappa shape index (κ1) is 17.3.